The molecule has 0 spiro atoms. The van der Waals surface area contributed by atoms with Gasteiger partial charge in [0.15, 0.2) is 5.78 Å². The molecule has 0 fully saturated rings. The number of pyridine rings is 1. The van der Waals surface area contributed by atoms with E-state index in [1.54, 1.807) is 30.9 Å². The molecule has 2 heterocycles. The van der Waals surface area contributed by atoms with Crippen LogP contribution in [0.1, 0.15) is 16.1 Å². The van der Waals surface area contributed by atoms with Crippen LogP contribution in [-0.4, -0.2) is 10.8 Å². The van der Waals surface area contributed by atoms with Crippen molar-refractivity contribution in [3.8, 4) is 0 Å². The number of ketones is 1. The Labute approximate surface area is 109 Å². The molecule has 2 aromatic heterocycles. The van der Waals surface area contributed by atoms with Crippen molar-refractivity contribution in [2.45, 2.75) is 6.42 Å². The summed E-state index contributed by atoms with van der Waals surface area (Å²) in [6.45, 7) is 0. The van der Waals surface area contributed by atoms with Crippen LogP contribution in [0.3, 0.4) is 0 Å². The van der Waals surface area contributed by atoms with E-state index < -0.39 is 0 Å². The number of carbonyl (C=O) groups excluding carboxylic acids is 1. The molecule has 0 N–H and O–H groups in total. The van der Waals surface area contributed by atoms with Crippen molar-refractivity contribution in [1.29, 1.82) is 0 Å². The minimum Gasteiger partial charge on any atom is -0.472 e. The van der Waals surface area contributed by atoms with Gasteiger partial charge in [-0.05, 0) is 49.6 Å². The van der Waals surface area contributed by atoms with E-state index in [2.05, 4.69) is 36.8 Å². The fourth-order valence-corrected chi connectivity index (χ4v) is 2.49. The average Bonchev–Trinajstić information content (AvgIpc) is 2.70. The molecule has 0 aliphatic carbocycles. The molecule has 3 nitrogen and oxygen atoms in total. The van der Waals surface area contributed by atoms with Crippen molar-refractivity contribution >= 4 is 37.6 Å². The largest absolute Gasteiger partial charge is 0.472 e. The molecule has 0 radical (unpaired) electrons. The molecule has 16 heavy (non-hydrogen) atoms. The van der Waals surface area contributed by atoms with E-state index in [1.165, 1.54) is 0 Å². The van der Waals surface area contributed by atoms with Gasteiger partial charge in [0, 0.05) is 21.6 Å². The van der Waals surface area contributed by atoms with Gasteiger partial charge < -0.3 is 4.42 Å². The van der Waals surface area contributed by atoms with E-state index in [1.807, 2.05) is 0 Å². The molecule has 0 saturated heterocycles. The normalized spacial score (nSPS) is 10.4. The second kappa shape index (κ2) is 4.93. The highest BCUT2D eigenvalue weighted by molar-refractivity contribution is 9.11. The molecule has 2 rings (SSSR count). The number of furan rings is 1. The van der Waals surface area contributed by atoms with Crippen molar-refractivity contribution in [1.82, 2.24) is 4.98 Å². The number of nitrogens with zero attached hydrogens (tertiary/aromatic N) is 1. The Balaban J connectivity index is 2.21. The third-order valence-corrected chi connectivity index (χ3v) is 3.05. The number of hydrogen-bond acceptors (Lipinski definition) is 3. The third-order valence-electron chi connectivity index (χ3n) is 2.02. The molecule has 0 aromatic carbocycles. The van der Waals surface area contributed by atoms with E-state index in [9.17, 15) is 4.79 Å². The number of halogens is 2. The highest BCUT2D eigenvalue weighted by Gasteiger charge is 2.13. The van der Waals surface area contributed by atoms with Gasteiger partial charge in [-0.15, -0.1) is 0 Å². The zero-order chi connectivity index (χ0) is 11.5. The van der Waals surface area contributed by atoms with Crippen LogP contribution in [0.4, 0.5) is 0 Å². The Bertz CT molecular complexity index is 509. The van der Waals surface area contributed by atoms with Crippen molar-refractivity contribution in [2.75, 3.05) is 0 Å². The molecular formula is C11H7Br2NO2. The zero-order valence-corrected chi connectivity index (χ0v) is 11.3. The average molecular weight is 345 g/mol. The van der Waals surface area contributed by atoms with Gasteiger partial charge in [-0.25, -0.2) is 0 Å². The maximum absolute atomic E-state index is 11.9. The zero-order valence-electron chi connectivity index (χ0n) is 8.11. The molecule has 5 heteroatoms. The Hall–Kier alpha value is -0.940. The van der Waals surface area contributed by atoms with Crippen LogP contribution in [0, 0.1) is 0 Å². The van der Waals surface area contributed by atoms with Crippen molar-refractivity contribution in [3.05, 3.63) is 51.1 Å². The Morgan fingerprint density at radius 1 is 1.44 bits per heavy atom. The summed E-state index contributed by atoms with van der Waals surface area (Å²) in [7, 11) is 0. The SMILES string of the molecule is O=C(Cc1ccoc1)c1ncc(Br)cc1Br. The Morgan fingerprint density at radius 2 is 2.25 bits per heavy atom. The summed E-state index contributed by atoms with van der Waals surface area (Å²) in [4.78, 5) is 16.0. The van der Waals surface area contributed by atoms with E-state index in [4.69, 9.17) is 4.42 Å². The standard InChI is InChI=1S/C11H7Br2NO2/c12-8-4-9(13)11(14-5-8)10(15)3-7-1-2-16-6-7/h1-2,4-6H,3H2. The first kappa shape index (κ1) is 11.5. The first-order valence-corrected chi connectivity index (χ1v) is 6.11. The molecule has 0 aliphatic rings. The van der Waals surface area contributed by atoms with Gasteiger partial charge in [-0.3, -0.25) is 9.78 Å². The maximum Gasteiger partial charge on any atom is 0.186 e. The lowest BCUT2D eigenvalue weighted by Crippen LogP contribution is -2.06. The molecule has 0 amide bonds. The summed E-state index contributed by atoms with van der Waals surface area (Å²) in [5.74, 6) is -0.0409. The topological polar surface area (TPSA) is 43.1 Å². The van der Waals surface area contributed by atoms with E-state index in [-0.39, 0.29) is 5.78 Å². The second-order valence-electron chi connectivity index (χ2n) is 3.22. The molecule has 0 unspecified atom stereocenters. The summed E-state index contributed by atoms with van der Waals surface area (Å²) in [6, 6.07) is 3.57. The molecule has 0 atom stereocenters. The van der Waals surface area contributed by atoms with E-state index in [0.717, 1.165) is 10.0 Å². The van der Waals surface area contributed by atoms with Crippen LogP contribution in [0.5, 0.6) is 0 Å². The van der Waals surface area contributed by atoms with Gasteiger partial charge in [-0.2, -0.15) is 0 Å². The number of Topliss-reactive ketones (excluding diaryl/α,β-unsaturated/α-hetero) is 1. The Morgan fingerprint density at radius 3 is 2.88 bits per heavy atom. The van der Waals surface area contributed by atoms with Crippen LogP contribution in [-0.2, 0) is 6.42 Å². The predicted octanol–water partition coefficient (Wildman–Crippen LogP) is 3.63. The van der Waals surface area contributed by atoms with Crippen molar-refractivity contribution in [3.63, 3.8) is 0 Å². The fourth-order valence-electron chi connectivity index (χ4n) is 1.28. The quantitative estimate of drug-likeness (QED) is 0.798. The smallest absolute Gasteiger partial charge is 0.186 e. The minimum absolute atomic E-state index is 0.0409. The summed E-state index contributed by atoms with van der Waals surface area (Å²) >= 11 is 6.60. The maximum atomic E-state index is 11.9. The third kappa shape index (κ3) is 2.59. The molecular weight excluding hydrogens is 338 g/mol. The monoisotopic (exact) mass is 343 g/mol. The second-order valence-corrected chi connectivity index (χ2v) is 4.99. The predicted molar refractivity (Wildman–Crippen MR) is 66.4 cm³/mol. The lowest BCUT2D eigenvalue weighted by Gasteiger charge is -2.01. The molecule has 0 saturated carbocycles. The molecule has 82 valence electrons. The summed E-state index contributed by atoms with van der Waals surface area (Å²) in [5.41, 5.74) is 1.28. The highest BCUT2D eigenvalue weighted by Crippen LogP contribution is 2.21. The number of carbonyl (C=O) groups is 1. The first-order valence-electron chi connectivity index (χ1n) is 4.52. The highest BCUT2D eigenvalue weighted by atomic mass is 79.9. The van der Waals surface area contributed by atoms with Crippen molar-refractivity contribution < 1.29 is 9.21 Å². The number of aromatic nitrogens is 1. The van der Waals surface area contributed by atoms with Crippen LogP contribution < -0.4 is 0 Å². The number of rotatable bonds is 3. The lowest BCUT2D eigenvalue weighted by molar-refractivity contribution is 0.0987. The van der Waals surface area contributed by atoms with Gasteiger partial charge >= 0.3 is 0 Å². The van der Waals surface area contributed by atoms with Gasteiger partial charge in [0.25, 0.3) is 0 Å². The molecule has 0 bridgehead atoms. The van der Waals surface area contributed by atoms with Crippen LogP contribution in [0.2, 0.25) is 0 Å². The van der Waals surface area contributed by atoms with Crippen LogP contribution in [0.25, 0.3) is 0 Å². The van der Waals surface area contributed by atoms with Gasteiger partial charge in [-0.1, -0.05) is 0 Å². The molecule has 2 aromatic rings. The van der Waals surface area contributed by atoms with Crippen molar-refractivity contribution in [2.24, 2.45) is 0 Å². The minimum atomic E-state index is -0.0409. The summed E-state index contributed by atoms with van der Waals surface area (Å²) in [6.07, 6.45) is 5.01. The van der Waals surface area contributed by atoms with Crippen LogP contribution in [0.15, 0.2) is 44.2 Å². The van der Waals surface area contributed by atoms with Gasteiger partial charge in [0.1, 0.15) is 5.69 Å². The van der Waals surface area contributed by atoms with Crippen LogP contribution >= 0.6 is 31.9 Å². The lowest BCUT2D eigenvalue weighted by atomic mass is 10.1. The first-order chi connectivity index (χ1) is 7.66. The molecule has 0 aliphatic heterocycles. The summed E-state index contributed by atoms with van der Waals surface area (Å²) < 4.78 is 6.43. The van der Waals surface area contributed by atoms with Gasteiger partial charge in [0.05, 0.1) is 12.5 Å². The van der Waals surface area contributed by atoms with E-state index in [0.29, 0.717) is 16.6 Å². The summed E-state index contributed by atoms with van der Waals surface area (Å²) in [5, 5.41) is 0. The van der Waals surface area contributed by atoms with Gasteiger partial charge in [0.2, 0.25) is 0 Å². The number of hydrogen-bond donors (Lipinski definition) is 0. The Kier molecular flexibility index (Phi) is 3.56. The fraction of sp³-hybridized carbons (Fsp3) is 0.0909. The van der Waals surface area contributed by atoms with E-state index >= 15 is 0 Å².